The number of ether oxygens (including phenoxy) is 2. The van der Waals surface area contributed by atoms with Crippen LogP contribution in [-0.4, -0.2) is 50.6 Å². The topological polar surface area (TPSA) is 37.0 Å². The predicted octanol–water partition coefficient (Wildman–Crippen LogP) is 5.99. The van der Waals surface area contributed by atoms with Crippen LogP contribution in [0.4, 0.5) is 22.7 Å². The molecular weight excluding hydrogens is 430 g/mol. The molecular formula is C27H37N3O2S. The zero-order valence-corrected chi connectivity index (χ0v) is 21.6. The molecule has 2 fully saturated rings. The third kappa shape index (κ3) is 4.58. The van der Waals surface area contributed by atoms with Crippen molar-refractivity contribution in [2.75, 3.05) is 41.3 Å². The van der Waals surface area contributed by atoms with Crippen molar-refractivity contribution in [3.05, 3.63) is 35.4 Å². The third-order valence-electron chi connectivity index (χ3n) is 6.87. The summed E-state index contributed by atoms with van der Waals surface area (Å²) in [6.07, 6.45) is 2.03. The van der Waals surface area contributed by atoms with Gasteiger partial charge in [0.15, 0.2) is 0 Å². The number of nitrogens with zero attached hydrogens (tertiary/aromatic N) is 2. The first kappa shape index (κ1) is 22.9. The standard InChI is InChI=1S/C27H37N3O2S/c1-7-21-9-23(30-14-19(5)32-20(6)15-30)11-25-27(21)28-26-16(2)8-22(10-24(26)33-25)29-12-17(3)31-18(4)13-29/h8-11,17-20,28H,7,12-15H2,1-6H3. The van der Waals surface area contributed by atoms with Crippen LogP contribution in [0.5, 0.6) is 0 Å². The van der Waals surface area contributed by atoms with Gasteiger partial charge in [0.05, 0.1) is 35.8 Å². The Labute approximate surface area is 202 Å². The monoisotopic (exact) mass is 467 g/mol. The first-order chi connectivity index (χ1) is 15.8. The van der Waals surface area contributed by atoms with Crippen LogP contribution in [0, 0.1) is 6.92 Å². The summed E-state index contributed by atoms with van der Waals surface area (Å²) >= 11 is 1.91. The molecule has 0 amide bonds. The van der Waals surface area contributed by atoms with Gasteiger partial charge < -0.3 is 24.6 Å². The van der Waals surface area contributed by atoms with Crippen molar-refractivity contribution in [2.45, 2.75) is 82.2 Å². The van der Waals surface area contributed by atoms with Gasteiger partial charge in [-0.15, -0.1) is 0 Å². The van der Waals surface area contributed by atoms with E-state index in [1.54, 1.807) is 0 Å². The smallest absolute Gasteiger partial charge is 0.0726 e. The lowest BCUT2D eigenvalue weighted by Crippen LogP contribution is -2.45. The summed E-state index contributed by atoms with van der Waals surface area (Å²) in [5, 5.41) is 3.82. The number of hydrogen-bond acceptors (Lipinski definition) is 6. The maximum atomic E-state index is 5.98. The number of anilines is 4. The first-order valence-corrected chi connectivity index (χ1v) is 13.2. The molecule has 4 atom stereocenters. The Morgan fingerprint density at radius 2 is 1.27 bits per heavy atom. The molecule has 6 heteroatoms. The summed E-state index contributed by atoms with van der Waals surface area (Å²) in [4.78, 5) is 7.61. The number of rotatable bonds is 3. The minimum Gasteiger partial charge on any atom is -0.372 e. The van der Waals surface area contributed by atoms with E-state index in [1.165, 1.54) is 43.7 Å². The Morgan fingerprint density at radius 1 is 0.788 bits per heavy atom. The van der Waals surface area contributed by atoms with E-state index in [0.29, 0.717) is 0 Å². The summed E-state index contributed by atoms with van der Waals surface area (Å²) in [5.74, 6) is 0. The van der Waals surface area contributed by atoms with Crippen molar-refractivity contribution in [3.63, 3.8) is 0 Å². The molecule has 0 saturated carbocycles. The van der Waals surface area contributed by atoms with Gasteiger partial charge >= 0.3 is 0 Å². The lowest BCUT2D eigenvalue weighted by atomic mass is 10.1. The molecule has 3 aliphatic heterocycles. The lowest BCUT2D eigenvalue weighted by molar-refractivity contribution is -0.00549. The van der Waals surface area contributed by atoms with Crippen LogP contribution in [0.25, 0.3) is 0 Å². The van der Waals surface area contributed by atoms with E-state index < -0.39 is 0 Å². The van der Waals surface area contributed by atoms with Gasteiger partial charge in [-0.3, -0.25) is 0 Å². The summed E-state index contributed by atoms with van der Waals surface area (Å²) in [7, 11) is 0. The zero-order chi connectivity index (χ0) is 23.3. The van der Waals surface area contributed by atoms with Crippen molar-refractivity contribution in [1.29, 1.82) is 0 Å². The van der Waals surface area contributed by atoms with E-state index in [-0.39, 0.29) is 24.4 Å². The number of morpholine rings is 2. The number of hydrogen-bond donors (Lipinski definition) is 1. The number of aryl methyl sites for hydroxylation is 2. The van der Waals surface area contributed by atoms with Crippen molar-refractivity contribution in [3.8, 4) is 0 Å². The molecule has 178 valence electrons. The Morgan fingerprint density at radius 3 is 1.79 bits per heavy atom. The Bertz CT molecular complexity index is 1020. The zero-order valence-electron chi connectivity index (χ0n) is 20.8. The van der Waals surface area contributed by atoms with E-state index in [1.807, 2.05) is 11.8 Å². The highest BCUT2D eigenvalue weighted by molar-refractivity contribution is 7.99. The largest absolute Gasteiger partial charge is 0.372 e. The minimum atomic E-state index is 0.254. The molecule has 33 heavy (non-hydrogen) atoms. The Hall–Kier alpha value is -1.89. The maximum Gasteiger partial charge on any atom is 0.0726 e. The highest BCUT2D eigenvalue weighted by Crippen LogP contribution is 2.50. The van der Waals surface area contributed by atoms with Gasteiger partial charge in [-0.05, 0) is 76.4 Å². The normalized spacial score (nSPS) is 27.1. The Kier molecular flexibility index (Phi) is 6.27. The van der Waals surface area contributed by atoms with Crippen LogP contribution < -0.4 is 15.1 Å². The molecule has 0 aromatic heterocycles. The second-order valence-electron chi connectivity index (χ2n) is 10.0. The molecule has 0 aliphatic carbocycles. The fourth-order valence-corrected chi connectivity index (χ4v) is 6.72. The molecule has 0 bridgehead atoms. The number of benzene rings is 2. The quantitative estimate of drug-likeness (QED) is 0.510. The molecule has 2 saturated heterocycles. The average molecular weight is 468 g/mol. The van der Waals surface area contributed by atoms with E-state index in [9.17, 15) is 0 Å². The van der Waals surface area contributed by atoms with Crippen LogP contribution in [-0.2, 0) is 15.9 Å². The summed E-state index contributed by atoms with van der Waals surface area (Å²) in [6, 6.07) is 9.45. The highest BCUT2D eigenvalue weighted by Gasteiger charge is 2.28. The van der Waals surface area contributed by atoms with Gasteiger partial charge in [0.1, 0.15) is 0 Å². The molecule has 2 aromatic rings. The van der Waals surface area contributed by atoms with E-state index >= 15 is 0 Å². The van der Waals surface area contributed by atoms with Crippen LogP contribution in [0.3, 0.4) is 0 Å². The average Bonchev–Trinajstić information content (AvgIpc) is 2.75. The summed E-state index contributed by atoms with van der Waals surface area (Å²) < 4.78 is 11.9. The summed E-state index contributed by atoms with van der Waals surface area (Å²) in [5.41, 5.74) is 7.82. The van der Waals surface area contributed by atoms with Gasteiger partial charge in [0.25, 0.3) is 0 Å². The van der Waals surface area contributed by atoms with Crippen LogP contribution in [0.1, 0.15) is 45.7 Å². The van der Waals surface area contributed by atoms with Crippen molar-refractivity contribution in [2.24, 2.45) is 0 Å². The van der Waals surface area contributed by atoms with Gasteiger partial charge in [0.2, 0.25) is 0 Å². The second kappa shape index (κ2) is 9.05. The third-order valence-corrected chi connectivity index (χ3v) is 7.96. The van der Waals surface area contributed by atoms with Crippen molar-refractivity contribution in [1.82, 2.24) is 0 Å². The molecule has 1 N–H and O–H groups in total. The van der Waals surface area contributed by atoms with E-state index in [2.05, 4.69) is 80.9 Å². The maximum absolute atomic E-state index is 5.98. The molecule has 4 unspecified atom stereocenters. The highest BCUT2D eigenvalue weighted by atomic mass is 32.2. The molecule has 5 rings (SSSR count). The predicted molar refractivity (Wildman–Crippen MR) is 139 cm³/mol. The first-order valence-electron chi connectivity index (χ1n) is 12.4. The molecule has 5 nitrogen and oxygen atoms in total. The van der Waals surface area contributed by atoms with Crippen LogP contribution in [0.2, 0.25) is 0 Å². The minimum absolute atomic E-state index is 0.254. The van der Waals surface area contributed by atoms with Crippen molar-refractivity contribution >= 4 is 34.5 Å². The molecule has 3 aliphatic rings. The van der Waals surface area contributed by atoms with Gasteiger partial charge in [-0.2, -0.15) is 0 Å². The van der Waals surface area contributed by atoms with Crippen LogP contribution in [0.15, 0.2) is 34.1 Å². The van der Waals surface area contributed by atoms with Gasteiger partial charge in [-0.1, -0.05) is 18.7 Å². The van der Waals surface area contributed by atoms with Crippen molar-refractivity contribution < 1.29 is 9.47 Å². The molecule has 3 heterocycles. The molecule has 0 radical (unpaired) electrons. The van der Waals surface area contributed by atoms with E-state index in [4.69, 9.17) is 9.47 Å². The number of fused-ring (bicyclic) bond motifs is 2. The lowest BCUT2D eigenvalue weighted by Gasteiger charge is -2.38. The second-order valence-corrected chi connectivity index (χ2v) is 11.1. The van der Waals surface area contributed by atoms with E-state index in [0.717, 1.165) is 32.6 Å². The Balaban J connectivity index is 1.48. The van der Waals surface area contributed by atoms with Crippen LogP contribution >= 0.6 is 11.8 Å². The fourth-order valence-electron chi connectivity index (χ4n) is 5.52. The van der Waals surface area contributed by atoms with Gasteiger partial charge in [0, 0.05) is 47.3 Å². The SMILES string of the molecule is CCc1cc(N2CC(C)OC(C)C2)cc2c1Nc1c(C)cc(N3CC(C)OC(C)C3)cc1S2. The fraction of sp³-hybridized carbons (Fsp3) is 0.556. The van der Waals surface area contributed by atoms with Gasteiger partial charge in [-0.25, -0.2) is 0 Å². The summed E-state index contributed by atoms with van der Waals surface area (Å²) in [6.45, 7) is 16.9. The number of nitrogens with one attached hydrogen (secondary N) is 1. The molecule has 2 aromatic carbocycles. The molecule has 0 spiro atoms.